The molecule has 1 aromatic carbocycles. The smallest absolute Gasteiger partial charge is 0.280 e. The van der Waals surface area contributed by atoms with Crippen LogP contribution in [0.15, 0.2) is 36.7 Å². The number of rotatable bonds is 5. The number of hydrogen-bond donors (Lipinski definition) is 0. The molecule has 0 N–H and O–H groups in total. The Labute approximate surface area is 114 Å². The third kappa shape index (κ3) is 2.77. The zero-order valence-corrected chi connectivity index (χ0v) is 10.6. The van der Waals surface area contributed by atoms with Crippen molar-refractivity contribution in [2.24, 2.45) is 7.05 Å². The van der Waals surface area contributed by atoms with Crippen molar-refractivity contribution in [3.05, 3.63) is 57.9 Å². The highest BCUT2D eigenvalue weighted by atomic mass is 16.6. The van der Waals surface area contributed by atoms with Gasteiger partial charge in [0.05, 0.1) is 28.7 Å². The summed E-state index contributed by atoms with van der Waals surface area (Å²) in [5.74, 6) is -0.993. The van der Waals surface area contributed by atoms with Gasteiger partial charge in [-0.3, -0.25) is 24.4 Å². The molecular weight excluding hydrogens is 262 g/mol. The lowest BCUT2D eigenvalue weighted by atomic mass is 10.0. The lowest BCUT2D eigenvalue weighted by Gasteiger charge is -2.01. The van der Waals surface area contributed by atoms with E-state index in [1.165, 1.54) is 41.3 Å². The molecule has 2 aromatic rings. The summed E-state index contributed by atoms with van der Waals surface area (Å²) in [6.07, 6.45) is 2.43. The lowest BCUT2D eigenvalue weighted by molar-refractivity contribution is -0.385. The van der Waals surface area contributed by atoms with E-state index in [9.17, 15) is 19.7 Å². The van der Waals surface area contributed by atoms with Crippen LogP contribution in [-0.4, -0.2) is 26.3 Å². The van der Waals surface area contributed by atoms with Crippen molar-refractivity contribution in [2.75, 3.05) is 0 Å². The van der Waals surface area contributed by atoms with Crippen molar-refractivity contribution in [3.63, 3.8) is 0 Å². The predicted molar refractivity (Wildman–Crippen MR) is 69.6 cm³/mol. The van der Waals surface area contributed by atoms with E-state index in [-0.39, 0.29) is 11.3 Å². The van der Waals surface area contributed by atoms with Crippen LogP contribution < -0.4 is 0 Å². The van der Waals surface area contributed by atoms with E-state index in [1.807, 2.05) is 0 Å². The molecule has 102 valence electrons. The fourth-order valence-corrected chi connectivity index (χ4v) is 1.78. The average molecular weight is 273 g/mol. The summed E-state index contributed by atoms with van der Waals surface area (Å²) in [7, 11) is 1.65. The third-order valence-corrected chi connectivity index (χ3v) is 2.75. The molecule has 7 heteroatoms. The number of hydrogen-bond acceptors (Lipinski definition) is 5. The molecule has 0 fully saturated rings. The van der Waals surface area contributed by atoms with Crippen molar-refractivity contribution in [3.8, 4) is 0 Å². The molecule has 0 radical (unpaired) electrons. The molecule has 1 heterocycles. The van der Waals surface area contributed by atoms with Crippen LogP contribution in [0.25, 0.3) is 0 Å². The van der Waals surface area contributed by atoms with Gasteiger partial charge in [-0.1, -0.05) is 12.1 Å². The van der Waals surface area contributed by atoms with Crippen LogP contribution in [-0.2, 0) is 7.05 Å². The largest absolute Gasteiger partial charge is 0.294 e. The standard InChI is InChI=1S/C13H11N3O4/c1-15-8-9(7-14-15)12(17)6-13(18)10-4-2-3-5-11(10)16(19)20/h2-5,7-8H,6H2,1H3. The van der Waals surface area contributed by atoms with Crippen LogP contribution in [0.1, 0.15) is 27.1 Å². The van der Waals surface area contributed by atoms with Crippen LogP contribution in [0.4, 0.5) is 5.69 Å². The molecule has 0 spiro atoms. The summed E-state index contributed by atoms with van der Waals surface area (Å²) in [6.45, 7) is 0. The summed E-state index contributed by atoms with van der Waals surface area (Å²) < 4.78 is 1.45. The Hall–Kier alpha value is -2.83. The van der Waals surface area contributed by atoms with Gasteiger partial charge in [-0.15, -0.1) is 0 Å². The second-order valence-electron chi connectivity index (χ2n) is 4.20. The Balaban J connectivity index is 2.21. The van der Waals surface area contributed by atoms with Crippen molar-refractivity contribution in [2.45, 2.75) is 6.42 Å². The Morgan fingerprint density at radius 1 is 1.30 bits per heavy atom. The van der Waals surface area contributed by atoms with Crippen LogP contribution in [0.5, 0.6) is 0 Å². The maximum Gasteiger partial charge on any atom is 0.280 e. The monoisotopic (exact) mass is 273 g/mol. The number of Topliss-reactive ketones (excluding diaryl/α,β-unsaturated/α-hetero) is 2. The number of carbonyl (C=O) groups excluding carboxylic acids is 2. The Morgan fingerprint density at radius 3 is 2.60 bits per heavy atom. The van der Waals surface area contributed by atoms with E-state index in [0.29, 0.717) is 5.56 Å². The van der Waals surface area contributed by atoms with Crippen molar-refractivity contribution in [1.29, 1.82) is 0 Å². The highest BCUT2D eigenvalue weighted by Crippen LogP contribution is 2.20. The van der Waals surface area contributed by atoms with Gasteiger partial charge in [0.25, 0.3) is 5.69 Å². The number of para-hydroxylation sites is 1. The Kier molecular flexibility index (Phi) is 3.69. The van der Waals surface area contributed by atoms with Gasteiger partial charge in [-0.05, 0) is 6.07 Å². The number of benzene rings is 1. The minimum Gasteiger partial charge on any atom is -0.294 e. The van der Waals surface area contributed by atoms with Crippen LogP contribution in [0, 0.1) is 10.1 Å². The lowest BCUT2D eigenvalue weighted by Crippen LogP contribution is -2.10. The van der Waals surface area contributed by atoms with Gasteiger partial charge in [-0.25, -0.2) is 0 Å². The number of aryl methyl sites for hydroxylation is 1. The number of aromatic nitrogens is 2. The summed E-state index contributed by atoms with van der Waals surface area (Å²) in [5.41, 5.74) is -0.0503. The Bertz CT molecular complexity index is 690. The molecule has 2 rings (SSSR count). The van der Waals surface area contributed by atoms with Gasteiger partial charge < -0.3 is 0 Å². The molecule has 0 saturated heterocycles. The quantitative estimate of drug-likeness (QED) is 0.358. The highest BCUT2D eigenvalue weighted by Gasteiger charge is 2.22. The van der Waals surface area contributed by atoms with Gasteiger partial charge in [0.2, 0.25) is 0 Å². The number of ketones is 2. The maximum atomic E-state index is 12.0. The molecule has 0 bridgehead atoms. The Morgan fingerprint density at radius 2 is 2.00 bits per heavy atom. The van der Waals surface area contributed by atoms with Gasteiger partial charge >= 0.3 is 0 Å². The fraction of sp³-hybridized carbons (Fsp3) is 0.154. The predicted octanol–water partition coefficient (Wildman–Crippen LogP) is 1.78. The molecule has 0 saturated carbocycles. The van der Waals surface area contributed by atoms with Gasteiger partial charge in [0.1, 0.15) is 0 Å². The van der Waals surface area contributed by atoms with E-state index >= 15 is 0 Å². The minimum absolute atomic E-state index is 0.0604. The zero-order valence-electron chi connectivity index (χ0n) is 10.6. The maximum absolute atomic E-state index is 12.0. The highest BCUT2D eigenvalue weighted by molar-refractivity contribution is 6.14. The normalized spacial score (nSPS) is 10.2. The molecular formula is C13H11N3O4. The summed E-state index contributed by atoms with van der Waals surface area (Å²) in [6, 6.07) is 5.57. The first-order valence-electron chi connectivity index (χ1n) is 5.77. The first-order valence-corrected chi connectivity index (χ1v) is 5.77. The molecule has 20 heavy (non-hydrogen) atoms. The average Bonchev–Trinajstić information content (AvgIpc) is 2.85. The van der Waals surface area contributed by atoms with Crippen LogP contribution in [0.2, 0.25) is 0 Å². The van der Waals surface area contributed by atoms with Gasteiger partial charge in [0, 0.05) is 19.3 Å². The van der Waals surface area contributed by atoms with Crippen LogP contribution >= 0.6 is 0 Å². The molecule has 0 unspecified atom stereocenters. The summed E-state index contributed by atoms with van der Waals surface area (Å²) in [4.78, 5) is 34.1. The molecule has 0 amide bonds. The van der Waals surface area contributed by atoms with E-state index in [1.54, 1.807) is 7.05 Å². The molecule has 1 aromatic heterocycles. The second-order valence-corrected chi connectivity index (χ2v) is 4.20. The molecule has 7 nitrogen and oxygen atoms in total. The number of carbonyl (C=O) groups is 2. The molecule has 0 aliphatic carbocycles. The topological polar surface area (TPSA) is 95.1 Å². The van der Waals surface area contributed by atoms with Crippen molar-refractivity contribution >= 4 is 17.3 Å². The van der Waals surface area contributed by atoms with Crippen molar-refractivity contribution in [1.82, 2.24) is 9.78 Å². The number of nitrogens with zero attached hydrogens (tertiary/aromatic N) is 3. The molecule has 0 aliphatic rings. The minimum atomic E-state index is -0.637. The fourth-order valence-electron chi connectivity index (χ4n) is 1.78. The number of nitro groups is 1. The first-order chi connectivity index (χ1) is 9.49. The SMILES string of the molecule is Cn1cc(C(=O)CC(=O)c2ccccc2[N+](=O)[O-])cn1. The third-order valence-electron chi connectivity index (χ3n) is 2.75. The van der Waals surface area contributed by atoms with E-state index < -0.39 is 22.9 Å². The van der Waals surface area contributed by atoms with Gasteiger partial charge in [0.15, 0.2) is 11.6 Å². The van der Waals surface area contributed by atoms with E-state index in [2.05, 4.69) is 5.10 Å². The molecule has 0 aliphatic heterocycles. The first kappa shape index (κ1) is 13.6. The number of nitro benzene ring substituents is 1. The van der Waals surface area contributed by atoms with Crippen LogP contribution in [0.3, 0.4) is 0 Å². The summed E-state index contributed by atoms with van der Waals surface area (Å²) >= 11 is 0. The van der Waals surface area contributed by atoms with Gasteiger partial charge in [-0.2, -0.15) is 5.10 Å². The zero-order chi connectivity index (χ0) is 14.7. The van der Waals surface area contributed by atoms with E-state index in [4.69, 9.17) is 0 Å². The summed E-state index contributed by atoms with van der Waals surface area (Å²) in [5, 5.41) is 14.7. The second kappa shape index (κ2) is 5.43. The molecule has 0 atom stereocenters. The van der Waals surface area contributed by atoms with Crippen molar-refractivity contribution < 1.29 is 14.5 Å². The van der Waals surface area contributed by atoms with E-state index in [0.717, 1.165) is 0 Å².